The molecule has 3 rings (SSSR count). The molecule has 1 aliphatic heterocycles. The summed E-state index contributed by atoms with van der Waals surface area (Å²) in [7, 11) is -3.88. The smallest absolute Gasteiger partial charge is 0.240 e. The molecule has 27 heavy (non-hydrogen) atoms. The number of halogens is 1. The molecule has 1 heterocycles. The lowest BCUT2D eigenvalue weighted by Crippen LogP contribution is -2.32. The summed E-state index contributed by atoms with van der Waals surface area (Å²) in [5.41, 5.74) is 6.81. The van der Waals surface area contributed by atoms with Crippen LogP contribution >= 0.6 is 0 Å². The first-order chi connectivity index (χ1) is 13.0. The van der Waals surface area contributed by atoms with E-state index in [2.05, 4.69) is 4.72 Å². The lowest BCUT2D eigenvalue weighted by molar-refractivity contribution is 0.165. The van der Waals surface area contributed by atoms with Gasteiger partial charge in [-0.1, -0.05) is 30.3 Å². The van der Waals surface area contributed by atoms with Gasteiger partial charge in [-0.05, 0) is 30.2 Å². The first kappa shape index (κ1) is 19.8. The molecule has 2 aromatic rings. The Labute approximate surface area is 158 Å². The third-order valence-corrected chi connectivity index (χ3v) is 5.85. The third-order valence-electron chi connectivity index (χ3n) is 4.43. The number of nitrogens with one attached hydrogen (secondary N) is 1. The third kappa shape index (κ3) is 5.26. The molecule has 8 heteroatoms. The maximum atomic E-state index is 14.2. The molecule has 2 aromatic carbocycles. The van der Waals surface area contributed by atoms with Crippen LogP contribution in [0.1, 0.15) is 18.0 Å². The maximum Gasteiger partial charge on any atom is 0.240 e. The van der Waals surface area contributed by atoms with E-state index in [-0.39, 0.29) is 23.1 Å². The Bertz CT molecular complexity index is 855. The SMILES string of the molecule is NC(CNS(=O)(=O)c1ccc(OCC2CCOC2)c(F)c1)c1ccccc1. The topological polar surface area (TPSA) is 90.7 Å². The average molecular weight is 394 g/mol. The van der Waals surface area contributed by atoms with E-state index in [0.717, 1.165) is 18.1 Å². The maximum absolute atomic E-state index is 14.2. The molecule has 0 saturated carbocycles. The van der Waals surface area contributed by atoms with Crippen molar-refractivity contribution in [1.29, 1.82) is 0 Å². The molecule has 2 unspecified atom stereocenters. The molecular formula is C19H23FN2O4S. The van der Waals surface area contributed by atoms with Crippen molar-refractivity contribution in [2.45, 2.75) is 17.4 Å². The van der Waals surface area contributed by atoms with Crippen LogP contribution < -0.4 is 15.2 Å². The fourth-order valence-electron chi connectivity index (χ4n) is 2.79. The zero-order valence-electron chi connectivity index (χ0n) is 14.8. The fraction of sp³-hybridized carbons (Fsp3) is 0.368. The zero-order chi connectivity index (χ0) is 19.3. The molecule has 1 aliphatic rings. The van der Waals surface area contributed by atoms with Crippen LogP contribution in [0, 0.1) is 11.7 Å². The number of hydrogen-bond acceptors (Lipinski definition) is 5. The standard InChI is InChI=1S/C19H23FN2O4S/c20-17-10-16(6-7-19(17)26-13-14-8-9-25-12-14)27(23,24)22-11-18(21)15-4-2-1-3-5-15/h1-7,10,14,18,22H,8-9,11-13,21H2. The van der Waals surface area contributed by atoms with Gasteiger partial charge in [0.25, 0.3) is 0 Å². The van der Waals surface area contributed by atoms with Gasteiger partial charge in [0.1, 0.15) is 0 Å². The number of benzene rings is 2. The van der Waals surface area contributed by atoms with Crippen LogP contribution in [0.2, 0.25) is 0 Å². The minimum absolute atomic E-state index is 0.00783. The van der Waals surface area contributed by atoms with Crippen molar-refractivity contribution in [2.75, 3.05) is 26.4 Å². The van der Waals surface area contributed by atoms with Crippen LogP contribution in [0.4, 0.5) is 4.39 Å². The number of rotatable bonds is 8. The Morgan fingerprint density at radius 2 is 2.04 bits per heavy atom. The summed E-state index contributed by atoms with van der Waals surface area (Å²) in [6.45, 7) is 1.63. The summed E-state index contributed by atoms with van der Waals surface area (Å²) in [5, 5.41) is 0. The summed E-state index contributed by atoms with van der Waals surface area (Å²) in [5.74, 6) is -0.458. The van der Waals surface area contributed by atoms with E-state index in [0.29, 0.717) is 19.8 Å². The Morgan fingerprint density at radius 1 is 1.26 bits per heavy atom. The predicted octanol–water partition coefficient (Wildman–Crippen LogP) is 2.22. The van der Waals surface area contributed by atoms with E-state index >= 15 is 0 Å². The average Bonchev–Trinajstić information content (AvgIpc) is 3.19. The van der Waals surface area contributed by atoms with Crippen molar-refractivity contribution < 1.29 is 22.3 Å². The highest BCUT2D eigenvalue weighted by molar-refractivity contribution is 7.89. The molecule has 0 amide bonds. The fourth-order valence-corrected chi connectivity index (χ4v) is 3.86. The van der Waals surface area contributed by atoms with Crippen molar-refractivity contribution in [3.8, 4) is 5.75 Å². The molecule has 0 aliphatic carbocycles. The number of sulfonamides is 1. The Balaban J connectivity index is 1.61. The molecule has 146 valence electrons. The summed E-state index contributed by atoms with van der Waals surface area (Å²) in [4.78, 5) is -0.170. The first-order valence-corrected chi connectivity index (χ1v) is 10.2. The lowest BCUT2D eigenvalue weighted by atomic mass is 10.1. The van der Waals surface area contributed by atoms with Crippen molar-refractivity contribution in [3.63, 3.8) is 0 Å². The van der Waals surface area contributed by atoms with E-state index in [4.69, 9.17) is 15.2 Å². The normalized spacial score (nSPS) is 18.4. The van der Waals surface area contributed by atoms with E-state index in [9.17, 15) is 12.8 Å². The van der Waals surface area contributed by atoms with Crippen molar-refractivity contribution in [1.82, 2.24) is 4.72 Å². The van der Waals surface area contributed by atoms with Gasteiger partial charge in [-0.3, -0.25) is 0 Å². The van der Waals surface area contributed by atoms with Crippen LogP contribution in [-0.2, 0) is 14.8 Å². The van der Waals surface area contributed by atoms with Crippen molar-refractivity contribution >= 4 is 10.0 Å². The van der Waals surface area contributed by atoms with Crippen LogP contribution in [0.3, 0.4) is 0 Å². The highest BCUT2D eigenvalue weighted by atomic mass is 32.2. The molecule has 6 nitrogen and oxygen atoms in total. The van der Waals surface area contributed by atoms with Gasteiger partial charge in [0.05, 0.1) is 18.1 Å². The second kappa shape index (κ2) is 8.79. The Hall–Kier alpha value is -2.00. The Kier molecular flexibility index (Phi) is 6.43. The van der Waals surface area contributed by atoms with E-state index in [1.165, 1.54) is 12.1 Å². The zero-order valence-corrected chi connectivity index (χ0v) is 15.6. The van der Waals surface area contributed by atoms with E-state index < -0.39 is 21.9 Å². The second-order valence-electron chi connectivity index (χ2n) is 6.50. The van der Waals surface area contributed by atoms with Crippen LogP contribution in [0.25, 0.3) is 0 Å². The van der Waals surface area contributed by atoms with Gasteiger partial charge in [0.15, 0.2) is 11.6 Å². The highest BCUT2D eigenvalue weighted by Crippen LogP contribution is 2.23. The molecule has 0 spiro atoms. The second-order valence-corrected chi connectivity index (χ2v) is 8.27. The molecule has 0 bridgehead atoms. The minimum atomic E-state index is -3.88. The minimum Gasteiger partial charge on any atom is -0.490 e. The van der Waals surface area contributed by atoms with Crippen LogP contribution in [0.5, 0.6) is 5.75 Å². The molecule has 1 fully saturated rings. The van der Waals surface area contributed by atoms with Gasteiger partial charge in [-0.25, -0.2) is 17.5 Å². The van der Waals surface area contributed by atoms with Crippen LogP contribution in [-0.4, -0.2) is 34.8 Å². The Morgan fingerprint density at radius 3 is 2.70 bits per heavy atom. The molecule has 3 N–H and O–H groups in total. The summed E-state index contributed by atoms with van der Waals surface area (Å²) in [6.07, 6.45) is 0.875. The van der Waals surface area contributed by atoms with Gasteiger partial charge in [0, 0.05) is 25.1 Å². The summed E-state index contributed by atoms with van der Waals surface area (Å²) in [6, 6.07) is 12.3. The quantitative estimate of drug-likeness (QED) is 0.716. The summed E-state index contributed by atoms with van der Waals surface area (Å²) < 4.78 is 52.2. The molecule has 1 saturated heterocycles. The van der Waals surface area contributed by atoms with E-state index in [1.807, 2.05) is 30.3 Å². The van der Waals surface area contributed by atoms with Gasteiger partial charge in [0.2, 0.25) is 10.0 Å². The number of nitrogens with two attached hydrogens (primary N) is 1. The summed E-state index contributed by atoms with van der Waals surface area (Å²) >= 11 is 0. The van der Waals surface area contributed by atoms with Crippen molar-refractivity contribution in [2.24, 2.45) is 11.7 Å². The van der Waals surface area contributed by atoms with Gasteiger partial charge >= 0.3 is 0 Å². The molecule has 0 radical (unpaired) electrons. The molecular weight excluding hydrogens is 371 g/mol. The van der Waals surface area contributed by atoms with Gasteiger partial charge < -0.3 is 15.2 Å². The van der Waals surface area contributed by atoms with E-state index in [1.54, 1.807) is 0 Å². The predicted molar refractivity (Wildman–Crippen MR) is 99.4 cm³/mol. The molecule has 2 atom stereocenters. The monoisotopic (exact) mass is 394 g/mol. The van der Waals surface area contributed by atoms with Crippen LogP contribution in [0.15, 0.2) is 53.4 Å². The van der Waals surface area contributed by atoms with Gasteiger partial charge in [-0.15, -0.1) is 0 Å². The first-order valence-electron chi connectivity index (χ1n) is 8.76. The highest BCUT2D eigenvalue weighted by Gasteiger charge is 2.20. The van der Waals surface area contributed by atoms with Crippen molar-refractivity contribution in [3.05, 3.63) is 59.9 Å². The lowest BCUT2D eigenvalue weighted by Gasteiger charge is -2.14. The number of ether oxygens (including phenoxy) is 2. The van der Waals surface area contributed by atoms with Gasteiger partial charge in [-0.2, -0.15) is 0 Å². The molecule has 0 aromatic heterocycles. The number of hydrogen-bond donors (Lipinski definition) is 2. The largest absolute Gasteiger partial charge is 0.490 e.